The van der Waals surface area contributed by atoms with Crippen LogP contribution in [0, 0.1) is 0 Å². The molecule has 3 N–H and O–H groups in total. The highest BCUT2D eigenvalue weighted by Crippen LogP contribution is 2.20. The summed E-state index contributed by atoms with van der Waals surface area (Å²) in [6, 6.07) is 11.3. The minimum atomic E-state index is -0.497. The van der Waals surface area contributed by atoms with Crippen molar-refractivity contribution < 1.29 is 9.53 Å². The molecule has 0 unspecified atom stereocenters. The van der Waals surface area contributed by atoms with Gasteiger partial charge >= 0.3 is 0 Å². The zero-order valence-electron chi connectivity index (χ0n) is 14.8. The Morgan fingerprint density at radius 2 is 1.84 bits per heavy atom. The average Bonchev–Trinajstić information content (AvgIpc) is 2.63. The molecule has 1 aromatic heterocycles. The van der Waals surface area contributed by atoms with Crippen LogP contribution in [0.2, 0.25) is 0 Å². The van der Waals surface area contributed by atoms with Crippen LogP contribution < -0.4 is 15.8 Å². The van der Waals surface area contributed by atoms with E-state index in [4.69, 9.17) is 10.5 Å². The van der Waals surface area contributed by atoms with E-state index in [2.05, 4.69) is 29.4 Å². The van der Waals surface area contributed by atoms with E-state index in [0.717, 1.165) is 31.7 Å². The lowest BCUT2D eigenvalue weighted by atomic mass is 10.1. The van der Waals surface area contributed by atoms with Gasteiger partial charge in [-0.25, -0.2) is 4.98 Å². The molecule has 0 radical (unpaired) electrons. The molecule has 0 aliphatic heterocycles. The molecule has 0 spiro atoms. The molecule has 5 heteroatoms. The third kappa shape index (κ3) is 6.93. The topological polar surface area (TPSA) is 77.2 Å². The molecular weight excluding hydrogens is 314 g/mol. The second kappa shape index (κ2) is 10.5. The summed E-state index contributed by atoms with van der Waals surface area (Å²) < 4.78 is 5.67. The highest BCUT2D eigenvalue weighted by Gasteiger charge is 2.03. The van der Waals surface area contributed by atoms with E-state index >= 15 is 0 Å². The molecule has 0 aliphatic carbocycles. The van der Waals surface area contributed by atoms with Crippen molar-refractivity contribution in [3.8, 4) is 11.6 Å². The van der Waals surface area contributed by atoms with E-state index in [1.54, 1.807) is 12.1 Å². The van der Waals surface area contributed by atoms with E-state index in [-0.39, 0.29) is 0 Å². The van der Waals surface area contributed by atoms with Gasteiger partial charge in [0, 0.05) is 12.3 Å². The number of nitrogens with zero attached hydrogens (tertiary/aromatic N) is 1. The number of hydrogen-bond donors (Lipinski definition) is 2. The summed E-state index contributed by atoms with van der Waals surface area (Å²) in [6.07, 6.45) is 7.42. The molecule has 0 aliphatic rings. The molecule has 1 amide bonds. The van der Waals surface area contributed by atoms with Gasteiger partial charge in [-0.15, -0.1) is 0 Å². The number of carbonyl (C=O) groups is 1. The van der Waals surface area contributed by atoms with Crippen molar-refractivity contribution >= 4 is 5.91 Å². The smallest absolute Gasteiger partial charge is 0.250 e. The Labute approximate surface area is 149 Å². The van der Waals surface area contributed by atoms with Crippen molar-refractivity contribution in [2.24, 2.45) is 5.73 Å². The van der Waals surface area contributed by atoms with Gasteiger partial charge < -0.3 is 15.8 Å². The molecule has 5 nitrogen and oxygen atoms in total. The number of unbranched alkanes of at least 4 members (excludes halogenated alkanes) is 2. The molecule has 0 saturated carbocycles. The fourth-order valence-electron chi connectivity index (χ4n) is 2.47. The van der Waals surface area contributed by atoms with E-state index in [1.807, 2.05) is 12.1 Å². The van der Waals surface area contributed by atoms with Gasteiger partial charge in [-0.1, -0.05) is 31.9 Å². The Morgan fingerprint density at radius 3 is 2.48 bits per heavy atom. The first kappa shape index (κ1) is 18.9. The molecule has 25 heavy (non-hydrogen) atoms. The molecular formula is C20H27N3O2. The summed E-state index contributed by atoms with van der Waals surface area (Å²) in [5.41, 5.74) is 6.85. The van der Waals surface area contributed by atoms with Gasteiger partial charge in [0.25, 0.3) is 0 Å². The van der Waals surface area contributed by atoms with Gasteiger partial charge in [0.05, 0.1) is 5.56 Å². The molecule has 0 saturated heterocycles. The van der Waals surface area contributed by atoms with Gasteiger partial charge in [-0.05, 0) is 56.1 Å². The largest absolute Gasteiger partial charge is 0.439 e. The molecule has 0 fully saturated rings. The Kier molecular flexibility index (Phi) is 7.92. The zero-order valence-corrected chi connectivity index (χ0v) is 14.8. The standard InChI is InChI=1S/C20H27N3O2/c1-2-3-4-13-22-14-5-6-16-7-10-18(11-8-16)25-19-12-9-17(15-23-19)20(21)24/h7-12,15,22H,2-6,13-14H2,1H3,(H2,21,24). The Balaban J connectivity index is 1.73. The third-order valence-corrected chi connectivity index (χ3v) is 3.94. The predicted octanol–water partition coefficient (Wildman–Crippen LogP) is 3.69. The van der Waals surface area contributed by atoms with Crippen LogP contribution in [0.15, 0.2) is 42.6 Å². The van der Waals surface area contributed by atoms with E-state index in [9.17, 15) is 4.79 Å². The van der Waals surface area contributed by atoms with Crippen LogP contribution >= 0.6 is 0 Å². The van der Waals surface area contributed by atoms with Crippen LogP contribution in [0.3, 0.4) is 0 Å². The number of ether oxygens (including phenoxy) is 1. The maximum Gasteiger partial charge on any atom is 0.250 e. The Morgan fingerprint density at radius 1 is 1.08 bits per heavy atom. The van der Waals surface area contributed by atoms with E-state index in [1.165, 1.54) is 31.0 Å². The van der Waals surface area contributed by atoms with E-state index in [0.29, 0.717) is 11.4 Å². The maximum absolute atomic E-state index is 11.0. The number of hydrogen-bond acceptors (Lipinski definition) is 4. The first-order valence-electron chi connectivity index (χ1n) is 8.92. The number of rotatable bonds is 11. The summed E-state index contributed by atoms with van der Waals surface area (Å²) in [4.78, 5) is 15.1. The van der Waals surface area contributed by atoms with Crippen molar-refractivity contribution in [2.75, 3.05) is 13.1 Å². The number of aromatic nitrogens is 1. The van der Waals surface area contributed by atoms with Crippen molar-refractivity contribution in [2.45, 2.75) is 39.0 Å². The van der Waals surface area contributed by atoms with Crippen LogP contribution in [0.1, 0.15) is 48.5 Å². The fourth-order valence-corrected chi connectivity index (χ4v) is 2.47. The van der Waals surface area contributed by atoms with Crippen molar-refractivity contribution in [3.05, 3.63) is 53.7 Å². The molecule has 2 rings (SSSR count). The van der Waals surface area contributed by atoms with Crippen LogP contribution in [0.4, 0.5) is 0 Å². The second-order valence-electron chi connectivity index (χ2n) is 6.06. The number of carbonyl (C=O) groups excluding carboxylic acids is 1. The summed E-state index contributed by atoms with van der Waals surface area (Å²) in [6.45, 7) is 4.39. The van der Waals surface area contributed by atoms with Gasteiger partial charge in [-0.3, -0.25) is 4.79 Å². The van der Waals surface area contributed by atoms with Crippen LogP contribution in [0.25, 0.3) is 0 Å². The molecule has 0 atom stereocenters. The lowest BCUT2D eigenvalue weighted by Gasteiger charge is -2.07. The number of nitrogens with two attached hydrogens (primary N) is 1. The molecule has 134 valence electrons. The lowest BCUT2D eigenvalue weighted by Crippen LogP contribution is -2.17. The third-order valence-electron chi connectivity index (χ3n) is 3.94. The highest BCUT2D eigenvalue weighted by molar-refractivity contribution is 5.92. The second-order valence-corrected chi connectivity index (χ2v) is 6.06. The number of amides is 1. The van der Waals surface area contributed by atoms with Crippen molar-refractivity contribution in [1.29, 1.82) is 0 Å². The average molecular weight is 341 g/mol. The number of benzene rings is 1. The fraction of sp³-hybridized carbons (Fsp3) is 0.400. The monoisotopic (exact) mass is 341 g/mol. The summed E-state index contributed by atoms with van der Waals surface area (Å²) in [7, 11) is 0. The summed E-state index contributed by atoms with van der Waals surface area (Å²) in [5, 5.41) is 3.48. The number of aryl methyl sites for hydroxylation is 1. The quantitative estimate of drug-likeness (QED) is 0.611. The Bertz CT molecular complexity index is 639. The van der Waals surface area contributed by atoms with Gasteiger partial charge in [0.2, 0.25) is 11.8 Å². The summed E-state index contributed by atoms with van der Waals surface area (Å²) >= 11 is 0. The van der Waals surface area contributed by atoms with Crippen LogP contribution in [-0.4, -0.2) is 24.0 Å². The van der Waals surface area contributed by atoms with Crippen LogP contribution in [-0.2, 0) is 6.42 Å². The van der Waals surface area contributed by atoms with E-state index < -0.39 is 5.91 Å². The lowest BCUT2D eigenvalue weighted by molar-refractivity contribution is 0.1000. The van der Waals surface area contributed by atoms with Gasteiger partial charge in [0.15, 0.2) is 0 Å². The predicted molar refractivity (Wildman–Crippen MR) is 100.0 cm³/mol. The zero-order chi connectivity index (χ0) is 17.9. The number of primary amides is 1. The van der Waals surface area contributed by atoms with Crippen molar-refractivity contribution in [1.82, 2.24) is 10.3 Å². The minimum absolute atomic E-state index is 0.367. The Hall–Kier alpha value is -2.40. The molecule has 0 bridgehead atoms. The van der Waals surface area contributed by atoms with Crippen LogP contribution in [0.5, 0.6) is 11.6 Å². The first-order chi connectivity index (χ1) is 12.2. The van der Waals surface area contributed by atoms with Gasteiger partial charge in [0.1, 0.15) is 5.75 Å². The molecule has 2 aromatic rings. The highest BCUT2D eigenvalue weighted by atomic mass is 16.5. The molecule has 1 heterocycles. The van der Waals surface area contributed by atoms with Gasteiger partial charge in [-0.2, -0.15) is 0 Å². The SMILES string of the molecule is CCCCCNCCCc1ccc(Oc2ccc(C(N)=O)cn2)cc1. The normalized spacial score (nSPS) is 10.6. The maximum atomic E-state index is 11.0. The first-order valence-corrected chi connectivity index (χ1v) is 8.92. The summed E-state index contributed by atoms with van der Waals surface area (Å²) in [5.74, 6) is 0.665. The minimum Gasteiger partial charge on any atom is -0.439 e. The number of pyridine rings is 1. The van der Waals surface area contributed by atoms with Crippen molar-refractivity contribution in [3.63, 3.8) is 0 Å². The number of nitrogens with one attached hydrogen (secondary N) is 1. The molecule has 1 aromatic carbocycles.